The van der Waals surface area contributed by atoms with Crippen molar-refractivity contribution in [2.75, 3.05) is 13.1 Å². The first-order chi connectivity index (χ1) is 7.63. The molecule has 2 heterocycles. The topological polar surface area (TPSA) is 28.2 Å². The Morgan fingerprint density at radius 1 is 1.69 bits per heavy atom. The number of hydrogen-bond acceptors (Lipinski definition) is 4. The summed E-state index contributed by atoms with van der Waals surface area (Å²) in [6.45, 7) is 10.1. The zero-order valence-corrected chi connectivity index (χ0v) is 11.2. The molecule has 16 heavy (non-hydrogen) atoms. The first-order valence-electron chi connectivity index (χ1n) is 5.99. The quantitative estimate of drug-likeness (QED) is 0.875. The molecule has 0 bridgehead atoms. The first kappa shape index (κ1) is 12.0. The van der Waals surface area contributed by atoms with E-state index in [4.69, 9.17) is 0 Å². The summed E-state index contributed by atoms with van der Waals surface area (Å²) in [5, 5.41) is 3.65. The average molecular weight is 239 g/mol. The van der Waals surface area contributed by atoms with Crippen molar-refractivity contribution in [1.82, 2.24) is 15.2 Å². The molecule has 90 valence electrons. The van der Waals surface area contributed by atoms with Crippen LogP contribution in [0.25, 0.3) is 0 Å². The summed E-state index contributed by atoms with van der Waals surface area (Å²) in [5.41, 5.74) is 2.19. The van der Waals surface area contributed by atoms with E-state index >= 15 is 0 Å². The normalized spacial score (nSPS) is 31.8. The molecule has 0 radical (unpaired) electrons. The number of nitrogens with zero attached hydrogens (tertiary/aromatic N) is 2. The third kappa shape index (κ3) is 2.62. The predicted octanol–water partition coefficient (Wildman–Crippen LogP) is 2.11. The fourth-order valence-corrected chi connectivity index (χ4v) is 2.77. The number of nitrogens with one attached hydrogen (secondary N) is 1. The highest BCUT2D eigenvalue weighted by Crippen LogP contribution is 2.21. The van der Waals surface area contributed by atoms with E-state index in [0.29, 0.717) is 6.04 Å². The highest BCUT2D eigenvalue weighted by atomic mass is 32.1. The van der Waals surface area contributed by atoms with Gasteiger partial charge in [0.1, 0.15) is 0 Å². The lowest BCUT2D eigenvalue weighted by molar-refractivity contribution is 0.0875. The summed E-state index contributed by atoms with van der Waals surface area (Å²) >= 11 is 1.75. The third-order valence-electron chi connectivity index (χ3n) is 3.62. The molecule has 0 saturated carbocycles. The Hall–Kier alpha value is -0.450. The molecule has 0 aliphatic carbocycles. The molecule has 1 aliphatic rings. The van der Waals surface area contributed by atoms with Gasteiger partial charge in [0.2, 0.25) is 0 Å². The van der Waals surface area contributed by atoms with E-state index in [9.17, 15) is 0 Å². The van der Waals surface area contributed by atoms with Crippen LogP contribution in [0.15, 0.2) is 11.7 Å². The maximum Gasteiger partial charge on any atom is 0.0794 e. The third-order valence-corrected chi connectivity index (χ3v) is 4.39. The summed E-state index contributed by atoms with van der Waals surface area (Å²) in [7, 11) is 0. The van der Waals surface area contributed by atoms with Gasteiger partial charge in [0.15, 0.2) is 0 Å². The molecule has 1 aromatic rings. The van der Waals surface area contributed by atoms with Gasteiger partial charge in [-0.15, -0.1) is 11.3 Å². The second-order valence-electron chi connectivity index (χ2n) is 5.02. The number of thiazole rings is 1. The van der Waals surface area contributed by atoms with Gasteiger partial charge in [-0.05, 0) is 20.3 Å². The predicted molar refractivity (Wildman–Crippen MR) is 68.7 cm³/mol. The molecule has 0 spiro atoms. The van der Waals surface area contributed by atoms with Crippen molar-refractivity contribution in [3.63, 3.8) is 0 Å². The van der Waals surface area contributed by atoms with Crippen LogP contribution in [0.3, 0.4) is 0 Å². The molecule has 1 aliphatic heterocycles. The molecule has 1 saturated heterocycles. The summed E-state index contributed by atoms with van der Waals surface area (Å²) in [6, 6.07) is 0.613. The maximum absolute atomic E-state index is 4.15. The molecule has 1 aromatic heterocycles. The van der Waals surface area contributed by atoms with Crippen LogP contribution in [-0.4, -0.2) is 34.6 Å². The molecule has 3 nitrogen and oxygen atoms in total. The Kier molecular flexibility index (Phi) is 3.62. The minimum absolute atomic E-state index is 0.275. The molecule has 1 fully saturated rings. The standard InChI is InChI=1S/C12H21N3S/c1-4-12(3)8-15(10(2)5-14-12)7-11-6-13-9-16-11/h6,9-10,14H,4-5,7-8H2,1-3H3. The monoisotopic (exact) mass is 239 g/mol. The van der Waals surface area contributed by atoms with Gasteiger partial charge in [0.25, 0.3) is 0 Å². The Morgan fingerprint density at radius 2 is 2.50 bits per heavy atom. The summed E-state index contributed by atoms with van der Waals surface area (Å²) < 4.78 is 0. The van der Waals surface area contributed by atoms with Gasteiger partial charge in [-0.2, -0.15) is 0 Å². The van der Waals surface area contributed by atoms with Crippen LogP contribution in [0.2, 0.25) is 0 Å². The van der Waals surface area contributed by atoms with Crippen LogP contribution in [0.5, 0.6) is 0 Å². The number of piperazine rings is 1. The van der Waals surface area contributed by atoms with E-state index in [0.717, 1.165) is 19.6 Å². The van der Waals surface area contributed by atoms with Crippen molar-refractivity contribution < 1.29 is 0 Å². The van der Waals surface area contributed by atoms with Gasteiger partial charge in [-0.25, -0.2) is 0 Å². The number of rotatable bonds is 3. The molecule has 1 N–H and O–H groups in total. The van der Waals surface area contributed by atoms with Crippen molar-refractivity contribution in [2.24, 2.45) is 0 Å². The molecular formula is C12H21N3S. The molecule has 0 aromatic carbocycles. The van der Waals surface area contributed by atoms with Gasteiger partial charge in [0.05, 0.1) is 5.51 Å². The van der Waals surface area contributed by atoms with E-state index in [-0.39, 0.29) is 5.54 Å². The van der Waals surface area contributed by atoms with Crippen LogP contribution < -0.4 is 5.32 Å². The minimum atomic E-state index is 0.275. The summed E-state index contributed by atoms with van der Waals surface area (Å²) in [4.78, 5) is 8.08. The molecular weight excluding hydrogens is 218 g/mol. The maximum atomic E-state index is 4.15. The van der Waals surface area contributed by atoms with Crippen LogP contribution in [0.4, 0.5) is 0 Å². The number of hydrogen-bond donors (Lipinski definition) is 1. The van der Waals surface area contributed by atoms with Gasteiger partial charge >= 0.3 is 0 Å². The number of aromatic nitrogens is 1. The molecule has 2 atom stereocenters. The van der Waals surface area contributed by atoms with Crippen molar-refractivity contribution in [2.45, 2.75) is 45.3 Å². The second-order valence-corrected chi connectivity index (χ2v) is 5.99. The fraction of sp³-hybridized carbons (Fsp3) is 0.750. The van der Waals surface area contributed by atoms with E-state index in [2.05, 4.69) is 36.0 Å². The summed E-state index contributed by atoms with van der Waals surface area (Å²) in [5.74, 6) is 0. The van der Waals surface area contributed by atoms with Gasteiger partial charge < -0.3 is 5.32 Å². The second kappa shape index (κ2) is 4.82. The highest BCUT2D eigenvalue weighted by molar-refractivity contribution is 7.09. The van der Waals surface area contributed by atoms with Crippen LogP contribution >= 0.6 is 11.3 Å². The van der Waals surface area contributed by atoms with Crippen LogP contribution in [-0.2, 0) is 6.54 Å². The molecule has 0 amide bonds. The molecule has 2 unspecified atom stereocenters. The lowest BCUT2D eigenvalue weighted by atomic mass is 9.94. The van der Waals surface area contributed by atoms with Gasteiger partial charge in [0, 0.05) is 42.3 Å². The highest BCUT2D eigenvalue weighted by Gasteiger charge is 2.32. The van der Waals surface area contributed by atoms with Gasteiger partial charge in [-0.3, -0.25) is 9.88 Å². The van der Waals surface area contributed by atoms with E-state index < -0.39 is 0 Å². The lowest BCUT2D eigenvalue weighted by Gasteiger charge is -2.44. The Morgan fingerprint density at radius 3 is 3.12 bits per heavy atom. The first-order valence-corrected chi connectivity index (χ1v) is 6.87. The van der Waals surface area contributed by atoms with E-state index in [1.165, 1.54) is 11.3 Å². The SMILES string of the molecule is CCC1(C)CN(Cc2cncs2)C(C)CN1. The largest absolute Gasteiger partial charge is 0.309 e. The van der Waals surface area contributed by atoms with Crippen LogP contribution in [0, 0.1) is 0 Å². The average Bonchev–Trinajstić information content (AvgIpc) is 2.77. The van der Waals surface area contributed by atoms with Crippen LogP contribution in [0.1, 0.15) is 32.1 Å². The van der Waals surface area contributed by atoms with Crippen molar-refractivity contribution in [3.8, 4) is 0 Å². The summed E-state index contributed by atoms with van der Waals surface area (Å²) in [6.07, 6.45) is 3.17. The minimum Gasteiger partial charge on any atom is -0.309 e. The fourth-order valence-electron chi connectivity index (χ4n) is 2.15. The Bertz CT molecular complexity index is 325. The zero-order valence-electron chi connectivity index (χ0n) is 10.4. The Labute approximate surface area is 102 Å². The van der Waals surface area contributed by atoms with E-state index in [1.54, 1.807) is 11.3 Å². The molecule has 2 rings (SSSR count). The van der Waals surface area contributed by atoms with Gasteiger partial charge in [-0.1, -0.05) is 6.92 Å². The van der Waals surface area contributed by atoms with Crippen molar-refractivity contribution in [1.29, 1.82) is 0 Å². The smallest absolute Gasteiger partial charge is 0.0794 e. The molecule has 4 heteroatoms. The zero-order chi connectivity index (χ0) is 11.6. The van der Waals surface area contributed by atoms with E-state index in [1.807, 2.05) is 11.7 Å². The Balaban J connectivity index is 2.01. The van der Waals surface area contributed by atoms with Crippen molar-refractivity contribution >= 4 is 11.3 Å². The van der Waals surface area contributed by atoms with Crippen molar-refractivity contribution in [3.05, 3.63) is 16.6 Å². The lowest BCUT2D eigenvalue weighted by Crippen LogP contribution is -2.61.